The molecule has 0 N–H and O–H groups in total. The third-order valence-corrected chi connectivity index (χ3v) is 6.20. The maximum absolute atomic E-state index is 14.4. The van der Waals surface area contributed by atoms with Crippen molar-refractivity contribution in [3.63, 3.8) is 0 Å². The van der Waals surface area contributed by atoms with Crippen LogP contribution in [0.25, 0.3) is 10.9 Å². The van der Waals surface area contributed by atoms with Crippen molar-refractivity contribution in [1.82, 2.24) is 9.47 Å². The Morgan fingerprint density at radius 2 is 2.00 bits per heavy atom. The molecule has 0 radical (unpaired) electrons. The van der Waals surface area contributed by atoms with Gasteiger partial charge in [-0.1, -0.05) is 11.6 Å². The first-order chi connectivity index (χ1) is 11.3. The number of piperazine rings is 1. The zero-order chi connectivity index (χ0) is 17.3. The van der Waals surface area contributed by atoms with E-state index >= 15 is 0 Å². The summed E-state index contributed by atoms with van der Waals surface area (Å²) >= 11 is 6.41. The molecule has 6 heteroatoms. The average Bonchev–Trinajstić information content (AvgIpc) is 2.89. The van der Waals surface area contributed by atoms with Crippen molar-refractivity contribution in [1.29, 1.82) is 0 Å². The number of benzene rings is 1. The van der Waals surface area contributed by atoms with Crippen LogP contribution in [0, 0.1) is 12.7 Å². The van der Waals surface area contributed by atoms with Crippen molar-refractivity contribution in [2.75, 3.05) is 25.0 Å². The highest BCUT2D eigenvalue weighted by Gasteiger charge is 2.39. The Morgan fingerprint density at radius 1 is 1.29 bits per heavy atom. The first-order valence-electron chi connectivity index (χ1n) is 8.28. The van der Waals surface area contributed by atoms with Gasteiger partial charge >= 0.3 is 0 Å². The summed E-state index contributed by atoms with van der Waals surface area (Å²) in [6.45, 7) is 5.57. The second kappa shape index (κ2) is 5.20. The normalized spacial score (nSPS) is 23.7. The molecule has 2 aromatic rings. The summed E-state index contributed by atoms with van der Waals surface area (Å²) in [4.78, 5) is 17.5. The second-order valence-corrected chi connectivity index (χ2v) is 7.56. The van der Waals surface area contributed by atoms with Gasteiger partial charge in [0.25, 0.3) is 5.56 Å². The average molecular weight is 350 g/mol. The highest BCUT2D eigenvalue weighted by atomic mass is 35.5. The molecule has 0 amide bonds. The minimum Gasteiger partial charge on any atom is -0.364 e. The first-order valence-corrected chi connectivity index (χ1v) is 8.66. The fraction of sp³-hybridized carbons (Fsp3) is 0.500. The van der Waals surface area contributed by atoms with Crippen LogP contribution < -0.4 is 10.5 Å². The van der Waals surface area contributed by atoms with Gasteiger partial charge in [0.1, 0.15) is 5.82 Å². The van der Waals surface area contributed by atoms with Gasteiger partial charge in [-0.3, -0.25) is 9.69 Å². The lowest BCUT2D eigenvalue weighted by molar-refractivity contribution is 0.204. The molecule has 1 saturated heterocycles. The lowest BCUT2D eigenvalue weighted by Gasteiger charge is -2.42. The molecule has 2 aliphatic heterocycles. The van der Waals surface area contributed by atoms with Crippen LogP contribution in [0.4, 0.5) is 10.1 Å². The minimum atomic E-state index is -0.320. The molecule has 2 unspecified atom stereocenters. The summed E-state index contributed by atoms with van der Waals surface area (Å²) in [6, 6.07) is 2.19. The third kappa shape index (κ3) is 1.97. The Kier molecular flexibility index (Phi) is 3.45. The number of hydrogen-bond donors (Lipinski definition) is 0. The number of aryl methyl sites for hydroxylation is 1. The summed E-state index contributed by atoms with van der Waals surface area (Å²) in [6.07, 6.45) is 0.710. The van der Waals surface area contributed by atoms with Gasteiger partial charge in [-0.25, -0.2) is 4.39 Å². The van der Waals surface area contributed by atoms with Crippen LogP contribution in [-0.2, 0) is 13.5 Å². The van der Waals surface area contributed by atoms with Crippen LogP contribution in [-0.4, -0.2) is 41.7 Å². The highest BCUT2D eigenvalue weighted by molar-refractivity contribution is 6.36. The maximum atomic E-state index is 14.4. The van der Waals surface area contributed by atoms with Gasteiger partial charge in [-0.2, -0.15) is 0 Å². The zero-order valence-electron chi connectivity index (χ0n) is 14.4. The van der Waals surface area contributed by atoms with Gasteiger partial charge < -0.3 is 9.47 Å². The fourth-order valence-corrected chi connectivity index (χ4v) is 4.48. The monoisotopic (exact) mass is 349 g/mol. The molecule has 24 heavy (non-hydrogen) atoms. The molecule has 2 atom stereocenters. The number of rotatable bonds is 0. The van der Waals surface area contributed by atoms with E-state index < -0.39 is 0 Å². The molecule has 0 bridgehead atoms. The Hall–Kier alpha value is -1.59. The number of hydrogen-bond acceptors (Lipinski definition) is 3. The first kappa shape index (κ1) is 15.9. The van der Waals surface area contributed by atoms with Crippen molar-refractivity contribution in [3.8, 4) is 0 Å². The van der Waals surface area contributed by atoms with E-state index in [0.29, 0.717) is 28.6 Å². The van der Waals surface area contributed by atoms with E-state index in [1.165, 1.54) is 0 Å². The van der Waals surface area contributed by atoms with E-state index in [9.17, 15) is 9.18 Å². The summed E-state index contributed by atoms with van der Waals surface area (Å²) in [5, 5.41) is 1.08. The molecular weight excluding hydrogens is 329 g/mol. The van der Waals surface area contributed by atoms with E-state index in [2.05, 4.69) is 23.8 Å². The SMILES string of the molecule is Cc1c(F)cc2c3c(c(=O)n(C)c2c1Cl)CC1CN(C)C(C)CN31. The van der Waals surface area contributed by atoms with Gasteiger partial charge in [-0.05, 0) is 27.0 Å². The summed E-state index contributed by atoms with van der Waals surface area (Å²) < 4.78 is 16.0. The molecule has 4 rings (SSSR count). The number of halogens is 2. The highest BCUT2D eigenvalue weighted by Crippen LogP contribution is 2.41. The van der Waals surface area contributed by atoms with E-state index in [4.69, 9.17) is 11.6 Å². The van der Waals surface area contributed by atoms with Gasteiger partial charge in [0.15, 0.2) is 0 Å². The van der Waals surface area contributed by atoms with Gasteiger partial charge in [0, 0.05) is 55.2 Å². The standard InChI is InChI=1S/C18H21ClFN3O/c1-9-7-23-11(8-21(9)3)5-13-16(23)12-6-14(20)10(2)15(19)17(12)22(4)18(13)24/h6,9,11H,5,7-8H2,1-4H3. The molecule has 1 fully saturated rings. The van der Waals surface area contributed by atoms with Crippen molar-refractivity contribution in [2.45, 2.75) is 32.4 Å². The zero-order valence-corrected chi connectivity index (χ0v) is 15.1. The predicted octanol–water partition coefficient (Wildman–Crippen LogP) is 2.70. The fourth-order valence-electron chi connectivity index (χ4n) is 4.16. The van der Waals surface area contributed by atoms with Gasteiger partial charge in [-0.15, -0.1) is 0 Å². The summed E-state index contributed by atoms with van der Waals surface area (Å²) in [5.74, 6) is -0.320. The van der Waals surface area contributed by atoms with Crippen LogP contribution in [0.5, 0.6) is 0 Å². The second-order valence-electron chi connectivity index (χ2n) is 7.18. The Bertz CT molecular complexity index is 923. The smallest absolute Gasteiger partial charge is 0.256 e. The number of fused-ring (bicyclic) bond motifs is 5. The quantitative estimate of drug-likeness (QED) is 0.732. The minimum absolute atomic E-state index is 0.0184. The largest absolute Gasteiger partial charge is 0.364 e. The van der Waals surface area contributed by atoms with E-state index in [1.807, 2.05) is 0 Å². The Morgan fingerprint density at radius 3 is 2.71 bits per heavy atom. The van der Waals surface area contributed by atoms with Crippen molar-refractivity contribution >= 4 is 28.2 Å². The number of pyridine rings is 1. The number of likely N-dealkylation sites (N-methyl/N-ethyl adjacent to an activating group) is 1. The lowest BCUT2D eigenvalue weighted by atomic mass is 10.1. The number of nitrogens with zero attached hydrogens (tertiary/aromatic N) is 3. The number of anilines is 1. The Balaban J connectivity index is 2.06. The molecule has 0 aliphatic carbocycles. The number of aromatic nitrogens is 1. The topological polar surface area (TPSA) is 28.5 Å². The molecule has 1 aromatic heterocycles. The van der Waals surface area contributed by atoms with Crippen LogP contribution in [0.15, 0.2) is 10.9 Å². The molecule has 128 valence electrons. The Labute approximate surface area is 145 Å². The van der Waals surface area contributed by atoms with Gasteiger partial charge in [0.05, 0.1) is 16.2 Å². The molecule has 0 saturated carbocycles. The summed E-state index contributed by atoms with van der Waals surface area (Å²) in [5.41, 5.74) is 2.68. The van der Waals surface area contributed by atoms with Crippen LogP contribution in [0.3, 0.4) is 0 Å². The predicted molar refractivity (Wildman–Crippen MR) is 95.8 cm³/mol. The molecule has 1 aromatic carbocycles. The van der Waals surface area contributed by atoms with Crippen molar-refractivity contribution in [3.05, 3.63) is 38.4 Å². The van der Waals surface area contributed by atoms with E-state index in [-0.39, 0.29) is 17.4 Å². The van der Waals surface area contributed by atoms with E-state index in [0.717, 1.165) is 29.7 Å². The van der Waals surface area contributed by atoms with Crippen LogP contribution in [0.1, 0.15) is 18.1 Å². The van der Waals surface area contributed by atoms with Crippen molar-refractivity contribution < 1.29 is 4.39 Å². The molecule has 3 heterocycles. The van der Waals surface area contributed by atoms with Crippen LogP contribution >= 0.6 is 11.6 Å². The lowest BCUT2D eigenvalue weighted by Crippen LogP contribution is -2.54. The molecular formula is C18H21ClFN3O. The van der Waals surface area contributed by atoms with Crippen molar-refractivity contribution in [2.24, 2.45) is 7.05 Å². The summed E-state index contributed by atoms with van der Waals surface area (Å²) in [7, 11) is 3.83. The molecule has 0 spiro atoms. The van der Waals surface area contributed by atoms with Crippen LogP contribution in [0.2, 0.25) is 5.02 Å². The van der Waals surface area contributed by atoms with Gasteiger partial charge in [0.2, 0.25) is 0 Å². The molecule has 2 aliphatic rings. The third-order valence-electron chi connectivity index (χ3n) is 5.74. The maximum Gasteiger partial charge on any atom is 0.256 e. The van der Waals surface area contributed by atoms with E-state index in [1.54, 1.807) is 24.6 Å². The molecule has 4 nitrogen and oxygen atoms in total.